The van der Waals surface area contributed by atoms with Gasteiger partial charge >= 0.3 is 5.97 Å². The second kappa shape index (κ2) is 8.78. The number of rotatable bonds is 8. The van der Waals surface area contributed by atoms with Crippen LogP contribution in [0.15, 0.2) is 10.6 Å². The molecule has 4 rings (SSSR count). The molecule has 4 heterocycles. The molecule has 4 aliphatic heterocycles. The number of carboxylic acids is 1. The standard InChI is InChI=1S/C21H33N3O5S/c1-12-17-16(13(2)26)20(27)24(17)18(21(28)29)19(12)30-15-4-6-23(11-15)10-14-3-5-22(9-14)7-8-25/h12-17,25-26H,3-11H2,1-2H3,(H,28,29)/t12-,13-,14+,15-,16-,17-/m1/s1. The van der Waals surface area contributed by atoms with Crippen molar-refractivity contribution >= 4 is 23.6 Å². The van der Waals surface area contributed by atoms with Crippen LogP contribution >= 0.6 is 11.8 Å². The molecule has 0 aliphatic carbocycles. The third kappa shape index (κ3) is 3.90. The summed E-state index contributed by atoms with van der Waals surface area (Å²) in [6.07, 6.45) is 1.41. The average molecular weight is 440 g/mol. The van der Waals surface area contributed by atoms with Crippen molar-refractivity contribution < 1.29 is 24.9 Å². The fourth-order valence-corrected chi connectivity index (χ4v) is 7.21. The number of aliphatic hydroxyl groups is 2. The van der Waals surface area contributed by atoms with E-state index in [1.807, 2.05) is 6.92 Å². The summed E-state index contributed by atoms with van der Waals surface area (Å²) >= 11 is 1.63. The van der Waals surface area contributed by atoms with Gasteiger partial charge in [0, 0.05) is 42.3 Å². The molecule has 0 unspecified atom stereocenters. The molecular formula is C21H33N3O5S. The molecule has 4 aliphatic rings. The monoisotopic (exact) mass is 439 g/mol. The van der Waals surface area contributed by atoms with Crippen LogP contribution in [0.4, 0.5) is 0 Å². The minimum Gasteiger partial charge on any atom is -0.477 e. The number of carbonyl (C=O) groups excluding carboxylic acids is 1. The van der Waals surface area contributed by atoms with Crippen LogP contribution in [0.5, 0.6) is 0 Å². The number of β-lactam (4-membered cyclic amide) rings is 1. The van der Waals surface area contributed by atoms with E-state index in [9.17, 15) is 19.8 Å². The third-order valence-electron chi connectivity index (χ3n) is 7.14. The molecule has 3 saturated heterocycles. The maximum absolute atomic E-state index is 12.5. The summed E-state index contributed by atoms with van der Waals surface area (Å²) in [7, 11) is 0. The van der Waals surface area contributed by atoms with Crippen LogP contribution in [0.3, 0.4) is 0 Å². The molecule has 0 aromatic heterocycles. The molecule has 0 radical (unpaired) electrons. The van der Waals surface area contributed by atoms with Crippen LogP contribution in [0, 0.1) is 17.8 Å². The van der Waals surface area contributed by atoms with Gasteiger partial charge in [0.05, 0.1) is 24.7 Å². The Morgan fingerprint density at radius 3 is 2.63 bits per heavy atom. The maximum atomic E-state index is 12.5. The quantitative estimate of drug-likeness (QED) is 0.463. The lowest BCUT2D eigenvalue weighted by molar-refractivity contribution is -0.163. The van der Waals surface area contributed by atoms with E-state index in [1.54, 1.807) is 18.7 Å². The maximum Gasteiger partial charge on any atom is 0.353 e. The number of amides is 1. The van der Waals surface area contributed by atoms with Crippen molar-refractivity contribution in [3.8, 4) is 0 Å². The largest absolute Gasteiger partial charge is 0.477 e. The fourth-order valence-electron chi connectivity index (χ4n) is 5.69. The molecule has 30 heavy (non-hydrogen) atoms. The predicted molar refractivity (Wildman–Crippen MR) is 114 cm³/mol. The lowest BCUT2D eigenvalue weighted by atomic mass is 9.79. The zero-order chi connectivity index (χ0) is 21.6. The molecule has 0 bridgehead atoms. The molecule has 9 heteroatoms. The highest BCUT2D eigenvalue weighted by molar-refractivity contribution is 8.03. The van der Waals surface area contributed by atoms with Crippen LogP contribution in [0.2, 0.25) is 0 Å². The fraction of sp³-hybridized carbons (Fsp3) is 0.810. The van der Waals surface area contributed by atoms with E-state index in [1.165, 1.54) is 11.3 Å². The van der Waals surface area contributed by atoms with E-state index in [2.05, 4.69) is 9.80 Å². The number of β-amino-alcohol motifs (C(OH)–C–C–N with tert-alkyl or cyclic N) is 1. The van der Waals surface area contributed by atoms with Gasteiger partial charge in [-0.15, -0.1) is 11.8 Å². The van der Waals surface area contributed by atoms with E-state index < -0.39 is 18.0 Å². The first-order valence-electron chi connectivity index (χ1n) is 11.0. The van der Waals surface area contributed by atoms with Crippen molar-refractivity contribution in [1.82, 2.24) is 14.7 Å². The number of hydrogen-bond acceptors (Lipinski definition) is 7. The highest BCUT2D eigenvalue weighted by atomic mass is 32.2. The van der Waals surface area contributed by atoms with Gasteiger partial charge in [0.25, 0.3) is 0 Å². The second-order valence-electron chi connectivity index (χ2n) is 9.24. The van der Waals surface area contributed by atoms with Crippen molar-refractivity contribution in [1.29, 1.82) is 0 Å². The van der Waals surface area contributed by atoms with Gasteiger partial charge in [0.15, 0.2) is 0 Å². The first-order valence-corrected chi connectivity index (χ1v) is 11.9. The molecular weight excluding hydrogens is 406 g/mol. The summed E-state index contributed by atoms with van der Waals surface area (Å²) in [5, 5.41) is 29.2. The number of hydrogen-bond donors (Lipinski definition) is 3. The smallest absolute Gasteiger partial charge is 0.353 e. The normalized spacial score (nSPS) is 35.8. The molecule has 0 saturated carbocycles. The zero-order valence-electron chi connectivity index (χ0n) is 17.7. The van der Waals surface area contributed by atoms with Crippen molar-refractivity contribution in [2.75, 3.05) is 45.9 Å². The minimum atomic E-state index is -1.05. The Morgan fingerprint density at radius 2 is 1.97 bits per heavy atom. The van der Waals surface area contributed by atoms with Crippen LogP contribution in [0.25, 0.3) is 0 Å². The first-order chi connectivity index (χ1) is 14.3. The number of likely N-dealkylation sites (tertiary alicyclic amines) is 2. The predicted octanol–water partition coefficient (Wildman–Crippen LogP) is 0.262. The number of carbonyl (C=O) groups is 2. The summed E-state index contributed by atoms with van der Waals surface area (Å²) in [5.74, 6) is -1.25. The van der Waals surface area contributed by atoms with Crippen molar-refractivity contribution in [3.63, 3.8) is 0 Å². The molecule has 0 aromatic rings. The van der Waals surface area contributed by atoms with E-state index in [-0.39, 0.29) is 30.2 Å². The summed E-state index contributed by atoms with van der Waals surface area (Å²) < 4.78 is 0. The number of nitrogens with zero attached hydrogens (tertiary/aromatic N) is 3. The number of aliphatic hydroxyl groups excluding tert-OH is 2. The van der Waals surface area contributed by atoms with Crippen molar-refractivity contribution in [2.45, 2.75) is 44.1 Å². The van der Waals surface area contributed by atoms with E-state index in [4.69, 9.17) is 5.11 Å². The molecule has 3 fully saturated rings. The van der Waals surface area contributed by atoms with Gasteiger partial charge < -0.3 is 30.0 Å². The van der Waals surface area contributed by atoms with Crippen LogP contribution in [-0.4, -0.2) is 105 Å². The van der Waals surface area contributed by atoms with Crippen LogP contribution < -0.4 is 0 Å². The molecule has 8 nitrogen and oxygen atoms in total. The van der Waals surface area contributed by atoms with Gasteiger partial charge in [0.2, 0.25) is 5.91 Å². The average Bonchev–Trinajstić information content (AvgIpc) is 3.35. The van der Waals surface area contributed by atoms with E-state index in [0.29, 0.717) is 11.2 Å². The number of aliphatic carboxylic acids is 1. The number of fused-ring (bicyclic) bond motifs is 1. The lowest BCUT2D eigenvalue weighted by Crippen LogP contribution is -2.63. The zero-order valence-corrected chi connectivity index (χ0v) is 18.6. The third-order valence-corrected chi connectivity index (χ3v) is 8.67. The SMILES string of the molecule is C[C@@H](O)[C@H]1C(=O)N2C(C(=O)O)=C(S[C@@H]3CCN(C[C@H]4CCN(CCO)C4)C3)[C@H](C)[C@H]12. The highest BCUT2D eigenvalue weighted by Gasteiger charge is 2.60. The Balaban J connectivity index is 1.37. The van der Waals surface area contributed by atoms with Gasteiger partial charge in [-0.3, -0.25) is 4.79 Å². The minimum absolute atomic E-state index is 0.0608. The van der Waals surface area contributed by atoms with Gasteiger partial charge in [-0.1, -0.05) is 6.92 Å². The Kier molecular flexibility index (Phi) is 6.46. The van der Waals surface area contributed by atoms with E-state index in [0.717, 1.165) is 50.6 Å². The first kappa shape index (κ1) is 22.1. The molecule has 0 aromatic carbocycles. The van der Waals surface area contributed by atoms with Gasteiger partial charge in [-0.05, 0) is 38.8 Å². The molecule has 168 valence electrons. The summed E-state index contributed by atoms with van der Waals surface area (Å²) in [5.41, 5.74) is 0.133. The Morgan fingerprint density at radius 1 is 1.23 bits per heavy atom. The lowest BCUT2D eigenvalue weighted by Gasteiger charge is -2.46. The van der Waals surface area contributed by atoms with Crippen LogP contribution in [0.1, 0.15) is 26.7 Å². The second-order valence-corrected chi connectivity index (χ2v) is 10.6. The Labute approximate surface area is 181 Å². The molecule has 3 N–H and O–H groups in total. The summed E-state index contributed by atoms with van der Waals surface area (Å²) in [6.45, 7) is 9.66. The number of thioether (sulfide) groups is 1. The van der Waals surface area contributed by atoms with Gasteiger partial charge in [-0.25, -0.2) is 4.79 Å². The summed E-state index contributed by atoms with van der Waals surface area (Å²) in [6, 6.07) is -0.236. The summed E-state index contributed by atoms with van der Waals surface area (Å²) in [4.78, 5) is 31.4. The Hall–Kier alpha value is -1.13. The van der Waals surface area contributed by atoms with Gasteiger partial charge in [0.1, 0.15) is 5.70 Å². The highest BCUT2D eigenvalue weighted by Crippen LogP contribution is 2.51. The molecule has 0 spiro atoms. The molecule has 6 atom stereocenters. The van der Waals surface area contributed by atoms with Crippen molar-refractivity contribution in [2.24, 2.45) is 17.8 Å². The molecule has 1 amide bonds. The van der Waals surface area contributed by atoms with E-state index >= 15 is 0 Å². The van der Waals surface area contributed by atoms with Gasteiger partial charge in [-0.2, -0.15) is 0 Å². The topological polar surface area (TPSA) is 105 Å². The number of carboxylic acid groups (broad SMARTS) is 1. The van der Waals surface area contributed by atoms with Crippen molar-refractivity contribution in [3.05, 3.63) is 10.6 Å². The Bertz CT molecular complexity index is 729. The van der Waals surface area contributed by atoms with Crippen LogP contribution in [-0.2, 0) is 9.59 Å².